The minimum atomic E-state index is -1.15. The van der Waals surface area contributed by atoms with Gasteiger partial charge in [0, 0.05) is 0 Å². The van der Waals surface area contributed by atoms with Crippen LogP contribution < -0.4 is 0 Å². The molecule has 96 valence electrons. The van der Waals surface area contributed by atoms with Gasteiger partial charge in [-0.15, -0.1) is 0 Å². The predicted molar refractivity (Wildman–Crippen MR) is 54.0 cm³/mol. The van der Waals surface area contributed by atoms with E-state index in [4.69, 9.17) is 0 Å². The molecule has 0 aromatic carbocycles. The number of esters is 2. The largest absolute Gasteiger partial charge is 0.474 e. The number of nitrogens with zero attached hydrogens (tertiary/aromatic N) is 2. The summed E-state index contributed by atoms with van der Waals surface area (Å²) in [5.74, 6) is -3.37. The summed E-state index contributed by atoms with van der Waals surface area (Å²) in [5, 5.41) is 6.37. The van der Waals surface area contributed by atoms with Crippen LogP contribution >= 0.6 is 0 Å². The van der Waals surface area contributed by atoms with E-state index in [1.807, 2.05) is 0 Å². The fraction of sp³-hybridized carbons (Fsp3) is 0.500. The van der Waals surface area contributed by atoms with Crippen molar-refractivity contribution in [1.82, 2.24) is 0 Å². The van der Waals surface area contributed by atoms with Crippen LogP contribution in [0, 0.1) is 0 Å². The van der Waals surface area contributed by atoms with Crippen molar-refractivity contribution in [3.05, 3.63) is 0 Å². The monoisotopic (exact) mass is 248 g/mol. The molecule has 0 aromatic rings. The van der Waals surface area contributed by atoms with E-state index >= 15 is 0 Å². The summed E-state index contributed by atoms with van der Waals surface area (Å²) in [4.78, 5) is 31.1. The average molecular weight is 248 g/mol. The lowest BCUT2D eigenvalue weighted by atomic mass is 10.6. The van der Waals surface area contributed by atoms with E-state index in [1.165, 1.54) is 14.2 Å². The molecule has 0 N–H and O–H groups in total. The maximum absolute atomic E-state index is 11.3. The fourth-order valence-electron chi connectivity index (χ4n) is 0.653. The van der Waals surface area contributed by atoms with Gasteiger partial charge in [0.2, 0.25) is 0 Å². The number of oxime groups is 2. The van der Waals surface area contributed by atoms with Crippen LogP contribution in [0.15, 0.2) is 10.3 Å². The smallest absolute Gasteiger partial charge is 0.405 e. The second-order valence-electron chi connectivity index (χ2n) is 2.24. The van der Waals surface area contributed by atoms with E-state index < -0.39 is 23.7 Å². The predicted octanol–water partition coefficient (Wildman–Crippen LogP) is -0.731. The van der Waals surface area contributed by atoms with Crippen LogP contribution in [0.3, 0.4) is 0 Å². The Labute approximate surface area is 96.9 Å². The molecule has 0 amide bonds. The Bertz CT molecular complexity index is 305. The maximum atomic E-state index is 11.3. The number of hydrogen-bond donors (Lipinski definition) is 0. The second kappa shape index (κ2) is 7.91. The third-order valence-electron chi connectivity index (χ3n) is 1.27. The van der Waals surface area contributed by atoms with E-state index in [0.717, 1.165) is 14.2 Å². The van der Waals surface area contributed by atoms with Crippen molar-refractivity contribution in [1.29, 1.82) is 0 Å². The van der Waals surface area contributed by atoms with Gasteiger partial charge in [-0.1, -0.05) is 0 Å². The summed E-state index contributed by atoms with van der Waals surface area (Å²) in [6.07, 6.45) is 0. The highest BCUT2D eigenvalue weighted by Gasteiger charge is 2.24. The van der Waals surface area contributed by atoms with Crippen molar-refractivity contribution in [2.24, 2.45) is 10.3 Å². The molecule has 0 atom stereocenters. The van der Waals surface area contributed by atoms with Crippen LogP contribution in [0.5, 0.6) is 0 Å². The highest BCUT2D eigenvalue weighted by molar-refractivity contribution is 6.41. The molecule has 9 nitrogen and oxygen atoms in total. The maximum Gasteiger partial charge on any atom is 0.405 e. The number of ether oxygens (including phenoxy) is 3. The van der Waals surface area contributed by atoms with Crippen LogP contribution in [0.2, 0.25) is 0 Å². The van der Waals surface area contributed by atoms with Crippen molar-refractivity contribution in [3.8, 4) is 0 Å². The van der Waals surface area contributed by atoms with Crippen LogP contribution in [-0.4, -0.2) is 52.2 Å². The summed E-state index contributed by atoms with van der Waals surface area (Å²) in [6.45, 7) is 0. The molecule has 0 spiro atoms. The number of carbonyl (C=O) groups excluding carboxylic acids is 2. The van der Waals surface area contributed by atoms with Crippen LogP contribution in [0.25, 0.3) is 0 Å². The minimum Gasteiger partial charge on any atom is -0.474 e. The van der Waals surface area contributed by atoms with Gasteiger partial charge in [0.15, 0.2) is 0 Å². The van der Waals surface area contributed by atoms with Crippen LogP contribution in [0.1, 0.15) is 0 Å². The van der Waals surface area contributed by atoms with E-state index in [9.17, 15) is 9.59 Å². The molecule has 0 saturated carbocycles. The molecule has 9 heteroatoms. The molecule has 0 aliphatic carbocycles. The SMILES string of the molecule is CON=C(OC)C(=O)OC(=O)C(=NOC)OC. The van der Waals surface area contributed by atoms with E-state index in [2.05, 4.69) is 34.2 Å². The molecular formula is C8H12N2O7. The first-order valence-electron chi connectivity index (χ1n) is 4.17. The first-order chi connectivity index (χ1) is 8.10. The second-order valence-corrected chi connectivity index (χ2v) is 2.24. The Morgan fingerprint density at radius 2 is 1.12 bits per heavy atom. The average Bonchev–Trinajstić information content (AvgIpc) is 2.32. The topological polar surface area (TPSA) is 105 Å². The van der Waals surface area contributed by atoms with Crippen molar-refractivity contribution < 1.29 is 33.5 Å². The van der Waals surface area contributed by atoms with Crippen molar-refractivity contribution in [2.75, 3.05) is 28.4 Å². The molecule has 0 bridgehead atoms. The normalized spacial score (nSPS) is 11.5. The first-order valence-corrected chi connectivity index (χ1v) is 4.17. The zero-order valence-electron chi connectivity index (χ0n) is 9.75. The Balaban J connectivity index is 4.63. The molecule has 0 aromatic heterocycles. The van der Waals surface area contributed by atoms with E-state index in [1.54, 1.807) is 0 Å². The van der Waals surface area contributed by atoms with Crippen LogP contribution in [-0.2, 0) is 33.5 Å². The number of methoxy groups -OCH3 is 2. The third kappa shape index (κ3) is 4.82. The molecule has 0 saturated heterocycles. The van der Waals surface area contributed by atoms with Gasteiger partial charge in [-0.05, 0) is 10.3 Å². The zero-order chi connectivity index (χ0) is 13.3. The highest BCUT2D eigenvalue weighted by Crippen LogP contribution is 1.92. The van der Waals surface area contributed by atoms with Gasteiger partial charge in [-0.2, -0.15) is 0 Å². The molecule has 0 fully saturated rings. The Hall–Kier alpha value is -2.32. The van der Waals surface area contributed by atoms with Crippen molar-refractivity contribution in [3.63, 3.8) is 0 Å². The highest BCUT2D eigenvalue weighted by atomic mass is 16.7. The summed E-state index contributed by atoms with van der Waals surface area (Å²) in [6, 6.07) is 0. The minimum absolute atomic E-state index is 0.534. The quantitative estimate of drug-likeness (QED) is 0.208. The van der Waals surface area contributed by atoms with Gasteiger partial charge >= 0.3 is 23.7 Å². The Kier molecular flexibility index (Phi) is 6.83. The van der Waals surface area contributed by atoms with E-state index in [-0.39, 0.29) is 0 Å². The molecule has 0 aliphatic heterocycles. The summed E-state index contributed by atoms with van der Waals surface area (Å²) in [7, 11) is 4.70. The lowest BCUT2D eigenvalue weighted by Gasteiger charge is -2.04. The molecule has 0 unspecified atom stereocenters. The molecule has 0 rings (SSSR count). The molecule has 17 heavy (non-hydrogen) atoms. The van der Waals surface area contributed by atoms with E-state index in [0.29, 0.717) is 0 Å². The van der Waals surface area contributed by atoms with Gasteiger partial charge in [-0.25, -0.2) is 9.59 Å². The number of rotatable bonds is 2. The fourth-order valence-corrected chi connectivity index (χ4v) is 0.653. The third-order valence-corrected chi connectivity index (χ3v) is 1.27. The zero-order valence-corrected chi connectivity index (χ0v) is 9.75. The van der Waals surface area contributed by atoms with Crippen molar-refractivity contribution in [2.45, 2.75) is 0 Å². The molecule has 0 aliphatic rings. The van der Waals surface area contributed by atoms with Gasteiger partial charge in [0.25, 0.3) is 0 Å². The summed E-state index contributed by atoms with van der Waals surface area (Å²) in [5.41, 5.74) is 0. The van der Waals surface area contributed by atoms with Gasteiger partial charge in [-0.3, -0.25) is 0 Å². The lowest BCUT2D eigenvalue weighted by molar-refractivity contribution is -0.152. The Morgan fingerprint density at radius 1 is 0.765 bits per heavy atom. The number of hydrogen-bond acceptors (Lipinski definition) is 9. The first kappa shape index (κ1) is 14.7. The molecule has 0 radical (unpaired) electrons. The van der Waals surface area contributed by atoms with Gasteiger partial charge in [0.05, 0.1) is 14.2 Å². The van der Waals surface area contributed by atoms with Gasteiger partial charge in [0.1, 0.15) is 14.2 Å². The molecule has 0 heterocycles. The Morgan fingerprint density at radius 3 is 1.35 bits per heavy atom. The standard InChI is InChI=1S/C8H12N2O7/c1-13-5(9-15-3)7(11)17-8(12)6(14-2)10-16-4/h1-4H3. The van der Waals surface area contributed by atoms with Crippen LogP contribution in [0.4, 0.5) is 0 Å². The van der Waals surface area contributed by atoms with Gasteiger partial charge < -0.3 is 23.9 Å². The molecular weight excluding hydrogens is 236 g/mol. The lowest BCUT2D eigenvalue weighted by Crippen LogP contribution is -2.28. The summed E-state index contributed by atoms with van der Waals surface area (Å²) < 4.78 is 13.3. The number of carbonyl (C=O) groups is 2. The van der Waals surface area contributed by atoms with Crippen molar-refractivity contribution >= 4 is 23.7 Å². The summed E-state index contributed by atoms with van der Waals surface area (Å²) >= 11 is 0.